The first-order valence-electron chi connectivity index (χ1n) is 5.51. The molecule has 0 aliphatic carbocycles. The number of ether oxygens (including phenoxy) is 2. The molecule has 0 aromatic carbocycles. The molecule has 0 spiro atoms. The van der Waals surface area contributed by atoms with E-state index in [2.05, 4.69) is 9.47 Å². The topological polar surface area (TPSA) is 213 Å². The van der Waals surface area contributed by atoms with Crippen molar-refractivity contribution < 1.29 is 48.5 Å². The van der Waals surface area contributed by atoms with Gasteiger partial charge in [0, 0.05) is 0 Å². The molecule has 2 atom stereocenters. The Morgan fingerprint density at radius 1 is 0.680 bits per heavy atom. The van der Waals surface area contributed by atoms with Crippen LogP contribution in [0.3, 0.4) is 0 Å². The predicted octanol–water partition coefficient (Wildman–Crippen LogP) is -5.22. The van der Waals surface area contributed by atoms with Crippen molar-refractivity contribution in [2.45, 2.75) is 24.9 Å². The van der Waals surface area contributed by atoms with E-state index in [9.17, 15) is 28.8 Å². The third-order valence-electron chi connectivity index (χ3n) is 1.99. The van der Waals surface area contributed by atoms with Gasteiger partial charge in [0.05, 0.1) is 12.8 Å². The van der Waals surface area contributed by atoms with Crippen LogP contribution < -0.4 is 11.5 Å². The number of hydrogen-bond acceptors (Lipinski definition) is 10. The fourth-order valence-electron chi connectivity index (χ4n) is 0.907. The second-order valence-electron chi connectivity index (χ2n) is 3.82. The van der Waals surface area contributed by atoms with Crippen molar-refractivity contribution in [3.63, 3.8) is 0 Å². The number of rotatable bonds is 6. The Kier molecular flexibility index (Phi) is 21.4. The molecule has 0 heterocycles. The summed E-state index contributed by atoms with van der Waals surface area (Å²) >= 11 is 0. The molecular weight excluding hydrogens is 377 g/mol. The molecule has 0 unspecified atom stereocenters. The van der Waals surface area contributed by atoms with Gasteiger partial charge in [-0.3, -0.25) is 19.2 Å². The molecule has 0 bridgehead atoms. The van der Waals surface area contributed by atoms with Crippen LogP contribution in [0.1, 0.15) is 12.8 Å². The van der Waals surface area contributed by atoms with Gasteiger partial charge in [0.15, 0.2) is 0 Å². The van der Waals surface area contributed by atoms with Crippen molar-refractivity contribution in [1.29, 1.82) is 0 Å². The first-order valence-corrected chi connectivity index (χ1v) is 5.51. The Morgan fingerprint density at radius 2 is 0.920 bits per heavy atom. The fraction of sp³-hybridized carbons (Fsp3) is 0.400. The van der Waals surface area contributed by atoms with Crippen LogP contribution in [0.2, 0.25) is 0 Å². The molecule has 0 aromatic rings. The zero-order valence-electron chi connectivity index (χ0n) is 10.9. The molecule has 0 aliphatic heterocycles. The molecule has 0 saturated heterocycles. The van der Waals surface area contributed by atoms with E-state index in [0.29, 0.717) is 0 Å². The summed E-state index contributed by atoms with van der Waals surface area (Å²) in [4.78, 5) is 64.9. The van der Waals surface area contributed by atoms with E-state index in [1.807, 2.05) is 0 Å². The van der Waals surface area contributed by atoms with E-state index in [1.54, 1.807) is 0 Å². The molecule has 0 amide bonds. The summed E-state index contributed by atoms with van der Waals surface area (Å²) in [6.45, 7) is 0. The van der Waals surface area contributed by atoms with Gasteiger partial charge in [0.25, 0.3) is 0 Å². The van der Waals surface area contributed by atoms with E-state index >= 15 is 0 Å². The Bertz CT molecular complexity index is 481. The zero-order chi connectivity index (χ0) is 17.4. The summed E-state index contributed by atoms with van der Waals surface area (Å²) in [5.74, 6) is -9.70. The monoisotopic (exact) mass is 392 g/mol. The van der Waals surface area contributed by atoms with Crippen molar-refractivity contribution in [1.82, 2.24) is 0 Å². The molecule has 0 saturated carbocycles. The number of carboxylic acid groups (broad SMARTS) is 2. The summed E-state index contributed by atoms with van der Waals surface area (Å²) < 4.78 is 7.78. The molecule has 0 rings (SSSR count). The number of carbonyl (C=O) groups excluding carboxylic acids is 4. The maximum absolute atomic E-state index is 11.1. The Balaban J connectivity index is -0.000000735. The number of nitrogens with two attached hydrogens (primary N) is 2. The van der Waals surface area contributed by atoms with Crippen molar-refractivity contribution in [2.75, 3.05) is 0 Å². The summed E-state index contributed by atoms with van der Waals surface area (Å²) in [5.41, 5.74) is 9.96. The average molecular weight is 392 g/mol. The first-order chi connectivity index (χ1) is 10.0. The molecule has 12 nitrogen and oxygen atoms in total. The molecule has 0 aromatic heterocycles. The molecule has 0 radical (unpaired) electrons. The van der Waals surface area contributed by atoms with Crippen LogP contribution in [0, 0.1) is 0 Å². The van der Waals surface area contributed by atoms with Gasteiger partial charge in [-0.1, -0.05) is 0 Å². The molecule has 25 heavy (non-hydrogen) atoms. The van der Waals surface area contributed by atoms with Gasteiger partial charge >= 0.3 is 124 Å². The van der Waals surface area contributed by atoms with E-state index in [0.717, 1.165) is 0 Å². The fourth-order valence-corrected chi connectivity index (χ4v) is 0.907. The predicted molar refractivity (Wildman–Crippen MR) is 84.1 cm³/mol. The molecule has 6 N–H and O–H groups in total. The number of hydrogen-bond donors (Lipinski definition) is 4. The molecule has 15 heteroatoms. The number of carboxylic acids is 2. The van der Waals surface area contributed by atoms with E-state index < -0.39 is 60.7 Å². The van der Waals surface area contributed by atoms with Gasteiger partial charge in [-0.15, -0.1) is 0 Å². The summed E-state index contributed by atoms with van der Waals surface area (Å²) in [6.07, 6.45) is -1.79. The normalized spacial score (nSPS) is 11.1. The number of esters is 4. The van der Waals surface area contributed by atoms with Gasteiger partial charge in [-0.25, -0.2) is 9.59 Å². The molecule has 0 aliphatic rings. The van der Waals surface area contributed by atoms with Crippen molar-refractivity contribution in [3.8, 4) is 0 Å². The third-order valence-corrected chi connectivity index (χ3v) is 1.99. The molecular formula is C10H15N2Na3O10. The van der Waals surface area contributed by atoms with Crippen molar-refractivity contribution >= 4 is 124 Å². The Morgan fingerprint density at radius 3 is 1.12 bits per heavy atom. The van der Waals surface area contributed by atoms with Gasteiger partial charge < -0.3 is 31.2 Å². The SMILES string of the molecule is N[C@@H](CC(=O)OC(=O)C(=O)OC(=O)C[C@H](N)C(=O)O)C(=O)O.[NaH].[NaH].[NaH]. The van der Waals surface area contributed by atoms with Crippen LogP contribution in [-0.4, -0.2) is 147 Å². The number of carbonyl (C=O) groups is 6. The zero-order valence-corrected chi connectivity index (χ0v) is 10.9. The van der Waals surface area contributed by atoms with Crippen LogP contribution in [0.4, 0.5) is 0 Å². The minimum atomic E-state index is -1.89. The standard InChI is InChI=1S/C10H12N2O10.3Na.3H/c11-3(7(15)16)1-5(13)21-9(19)10(20)22-6(14)2-4(12)8(17)18;;;;;;/h3-4H,1-2,11-12H2,(H,15,16)(H,17,18);;;;;;/t3-,4-;;;;;;/m0....../s1. The van der Waals surface area contributed by atoms with Gasteiger partial charge in [-0.05, 0) is 0 Å². The maximum atomic E-state index is 11.1. The quantitative estimate of drug-likeness (QED) is 0.144. The number of aliphatic carboxylic acids is 2. The van der Waals surface area contributed by atoms with Gasteiger partial charge in [-0.2, -0.15) is 0 Å². The Labute approximate surface area is 207 Å². The van der Waals surface area contributed by atoms with E-state index in [4.69, 9.17) is 21.7 Å². The van der Waals surface area contributed by atoms with Gasteiger partial charge in [0.2, 0.25) is 0 Å². The van der Waals surface area contributed by atoms with E-state index in [-0.39, 0.29) is 88.7 Å². The second-order valence-corrected chi connectivity index (χ2v) is 3.82. The van der Waals surface area contributed by atoms with Crippen molar-refractivity contribution in [2.24, 2.45) is 11.5 Å². The van der Waals surface area contributed by atoms with Crippen LogP contribution in [0.25, 0.3) is 0 Å². The van der Waals surface area contributed by atoms with Gasteiger partial charge in [0.1, 0.15) is 12.1 Å². The first kappa shape index (κ1) is 32.8. The molecule has 0 fully saturated rings. The summed E-state index contributed by atoms with van der Waals surface area (Å²) in [5, 5.41) is 16.8. The van der Waals surface area contributed by atoms with Crippen LogP contribution in [0.5, 0.6) is 0 Å². The Hall–Kier alpha value is 0.140. The van der Waals surface area contributed by atoms with Crippen LogP contribution in [0.15, 0.2) is 0 Å². The van der Waals surface area contributed by atoms with Crippen LogP contribution in [-0.2, 0) is 38.2 Å². The third kappa shape index (κ3) is 14.9. The average Bonchev–Trinajstić information content (AvgIpc) is 2.37. The minimum absolute atomic E-state index is 0. The second kappa shape index (κ2) is 16.3. The van der Waals surface area contributed by atoms with Crippen LogP contribution >= 0.6 is 0 Å². The van der Waals surface area contributed by atoms with E-state index in [1.165, 1.54) is 0 Å². The summed E-state index contributed by atoms with van der Waals surface area (Å²) in [7, 11) is 0. The molecule has 128 valence electrons. The van der Waals surface area contributed by atoms with Crippen molar-refractivity contribution in [3.05, 3.63) is 0 Å². The summed E-state index contributed by atoms with van der Waals surface area (Å²) in [6, 6.07) is -3.29.